The lowest BCUT2D eigenvalue weighted by molar-refractivity contribution is -0.114. The minimum Gasteiger partial charge on any atom is -0.494 e. The first-order chi connectivity index (χ1) is 12.6. The predicted molar refractivity (Wildman–Crippen MR) is 102 cm³/mol. The zero-order valence-electron chi connectivity index (χ0n) is 15.1. The van der Waals surface area contributed by atoms with Crippen molar-refractivity contribution < 1.29 is 14.3 Å². The van der Waals surface area contributed by atoms with Gasteiger partial charge in [0.15, 0.2) is 0 Å². The number of aromatic nitrogens is 1. The van der Waals surface area contributed by atoms with E-state index >= 15 is 0 Å². The molecule has 3 aromatic rings. The van der Waals surface area contributed by atoms with Crippen LogP contribution in [0.2, 0.25) is 0 Å². The standard InChI is InChI=1S/C21H20N2O3/c1-12-10-17(14-4-6-18-15(11-14)8-9-26-18)23-21-19(25-3)7-5-16(20(12)21)22-13(2)24/h4-7,10-11H,8-9H2,1-3H3,(H,22,24). The van der Waals surface area contributed by atoms with Crippen molar-refractivity contribution in [3.05, 3.63) is 47.5 Å². The van der Waals surface area contributed by atoms with Gasteiger partial charge in [0.2, 0.25) is 5.91 Å². The van der Waals surface area contributed by atoms with Crippen LogP contribution in [0.1, 0.15) is 18.1 Å². The second-order valence-corrected chi connectivity index (χ2v) is 6.47. The molecule has 132 valence electrons. The Labute approximate surface area is 152 Å². The van der Waals surface area contributed by atoms with Crippen LogP contribution in [-0.2, 0) is 11.2 Å². The summed E-state index contributed by atoms with van der Waals surface area (Å²) in [6, 6.07) is 11.9. The molecule has 4 rings (SSSR count). The fraction of sp³-hybridized carbons (Fsp3) is 0.238. The molecule has 0 radical (unpaired) electrons. The first kappa shape index (κ1) is 16.4. The normalized spacial score (nSPS) is 12.6. The molecular weight excluding hydrogens is 328 g/mol. The highest BCUT2D eigenvalue weighted by Gasteiger charge is 2.16. The summed E-state index contributed by atoms with van der Waals surface area (Å²) in [6.07, 6.45) is 0.922. The third-order valence-corrected chi connectivity index (χ3v) is 4.64. The number of nitrogens with one attached hydrogen (secondary N) is 1. The number of hydrogen-bond donors (Lipinski definition) is 1. The second-order valence-electron chi connectivity index (χ2n) is 6.47. The lowest BCUT2D eigenvalue weighted by Gasteiger charge is -2.14. The van der Waals surface area contributed by atoms with E-state index in [0.717, 1.165) is 52.2 Å². The number of methoxy groups -OCH3 is 1. The van der Waals surface area contributed by atoms with Crippen LogP contribution in [0.3, 0.4) is 0 Å². The van der Waals surface area contributed by atoms with Crippen LogP contribution in [0.5, 0.6) is 11.5 Å². The Morgan fingerprint density at radius 1 is 1.23 bits per heavy atom. The van der Waals surface area contributed by atoms with Gasteiger partial charge in [-0.25, -0.2) is 4.98 Å². The molecule has 2 heterocycles. The smallest absolute Gasteiger partial charge is 0.221 e. The van der Waals surface area contributed by atoms with Crippen molar-refractivity contribution in [1.82, 2.24) is 4.98 Å². The summed E-state index contributed by atoms with van der Waals surface area (Å²) in [6.45, 7) is 4.26. The predicted octanol–water partition coefficient (Wildman–Crippen LogP) is 4.11. The molecule has 0 spiro atoms. The number of carbonyl (C=O) groups is 1. The molecule has 2 aromatic carbocycles. The average molecular weight is 348 g/mol. The molecule has 0 bridgehead atoms. The SMILES string of the molecule is COc1ccc(NC(C)=O)c2c(C)cc(-c3ccc4c(c3)CCO4)nc12. The highest BCUT2D eigenvalue weighted by Crippen LogP contribution is 2.36. The van der Waals surface area contributed by atoms with Crippen molar-refractivity contribution in [1.29, 1.82) is 0 Å². The summed E-state index contributed by atoms with van der Waals surface area (Å²) in [5, 5.41) is 3.78. The summed E-state index contributed by atoms with van der Waals surface area (Å²) in [5.41, 5.74) is 5.65. The van der Waals surface area contributed by atoms with E-state index in [-0.39, 0.29) is 5.91 Å². The van der Waals surface area contributed by atoms with E-state index in [1.807, 2.05) is 37.3 Å². The van der Waals surface area contributed by atoms with Gasteiger partial charge >= 0.3 is 0 Å². The van der Waals surface area contributed by atoms with Crippen LogP contribution in [0.25, 0.3) is 22.2 Å². The first-order valence-electron chi connectivity index (χ1n) is 8.59. The van der Waals surface area contributed by atoms with Crippen molar-refractivity contribution in [2.75, 3.05) is 19.0 Å². The quantitative estimate of drug-likeness (QED) is 0.774. The summed E-state index contributed by atoms with van der Waals surface area (Å²) in [7, 11) is 1.63. The van der Waals surface area contributed by atoms with Crippen LogP contribution >= 0.6 is 0 Å². The monoisotopic (exact) mass is 348 g/mol. The van der Waals surface area contributed by atoms with Crippen molar-refractivity contribution >= 4 is 22.5 Å². The van der Waals surface area contributed by atoms with E-state index in [0.29, 0.717) is 5.75 Å². The highest BCUT2D eigenvalue weighted by atomic mass is 16.5. The zero-order chi connectivity index (χ0) is 18.3. The first-order valence-corrected chi connectivity index (χ1v) is 8.59. The van der Waals surface area contributed by atoms with Crippen LogP contribution in [0, 0.1) is 6.92 Å². The molecule has 0 aliphatic carbocycles. The molecule has 0 saturated heterocycles. The van der Waals surface area contributed by atoms with Gasteiger partial charge in [0.1, 0.15) is 17.0 Å². The van der Waals surface area contributed by atoms with Crippen molar-refractivity contribution in [2.24, 2.45) is 0 Å². The summed E-state index contributed by atoms with van der Waals surface area (Å²) in [5.74, 6) is 1.53. The maximum atomic E-state index is 11.5. The van der Waals surface area contributed by atoms with Gasteiger partial charge < -0.3 is 14.8 Å². The summed E-state index contributed by atoms with van der Waals surface area (Å²) < 4.78 is 11.1. The Hall–Kier alpha value is -3.08. The summed E-state index contributed by atoms with van der Waals surface area (Å²) >= 11 is 0. The van der Waals surface area contributed by atoms with Crippen LogP contribution < -0.4 is 14.8 Å². The van der Waals surface area contributed by atoms with Gasteiger partial charge in [-0.15, -0.1) is 0 Å². The molecular formula is C21H20N2O3. The van der Waals surface area contributed by atoms with Crippen molar-refractivity contribution in [3.8, 4) is 22.8 Å². The Morgan fingerprint density at radius 3 is 2.85 bits per heavy atom. The van der Waals surface area contributed by atoms with Crippen molar-refractivity contribution in [3.63, 3.8) is 0 Å². The number of aryl methyl sites for hydroxylation is 1. The number of pyridine rings is 1. The van der Waals surface area contributed by atoms with E-state index in [1.54, 1.807) is 7.11 Å². The van der Waals surface area contributed by atoms with Crippen LogP contribution in [-0.4, -0.2) is 24.6 Å². The fourth-order valence-electron chi connectivity index (χ4n) is 3.46. The van der Waals surface area contributed by atoms with Gasteiger partial charge in [0.25, 0.3) is 0 Å². The number of benzene rings is 2. The van der Waals surface area contributed by atoms with Gasteiger partial charge in [-0.05, 0) is 54.4 Å². The number of amides is 1. The molecule has 0 unspecified atom stereocenters. The minimum absolute atomic E-state index is 0.112. The van der Waals surface area contributed by atoms with Crippen LogP contribution in [0.4, 0.5) is 5.69 Å². The maximum Gasteiger partial charge on any atom is 0.221 e. The molecule has 26 heavy (non-hydrogen) atoms. The van der Waals surface area contributed by atoms with E-state index in [9.17, 15) is 4.79 Å². The number of fused-ring (bicyclic) bond motifs is 2. The average Bonchev–Trinajstić information content (AvgIpc) is 3.08. The topological polar surface area (TPSA) is 60.5 Å². The number of anilines is 1. The Balaban J connectivity index is 1.91. The number of hydrogen-bond acceptors (Lipinski definition) is 4. The number of rotatable bonds is 3. The van der Waals surface area contributed by atoms with Crippen molar-refractivity contribution in [2.45, 2.75) is 20.3 Å². The lowest BCUT2D eigenvalue weighted by atomic mass is 10.0. The lowest BCUT2D eigenvalue weighted by Crippen LogP contribution is -2.07. The van der Waals surface area contributed by atoms with E-state index in [2.05, 4.69) is 11.4 Å². The highest BCUT2D eigenvalue weighted by molar-refractivity contribution is 6.04. The molecule has 5 heteroatoms. The summed E-state index contributed by atoms with van der Waals surface area (Å²) in [4.78, 5) is 16.4. The molecule has 0 atom stereocenters. The molecule has 1 N–H and O–H groups in total. The van der Waals surface area contributed by atoms with E-state index < -0.39 is 0 Å². The molecule has 1 aliphatic heterocycles. The van der Waals surface area contributed by atoms with Gasteiger partial charge in [-0.2, -0.15) is 0 Å². The Kier molecular flexibility index (Phi) is 3.99. The Morgan fingerprint density at radius 2 is 2.08 bits per heavy atom. The van der Waals surface area contributed by atoms with E-state index in [1.165, 1.54) is 12.5 Å². The van der Waals surface area contributed by atoms with Gasteiger partial charge in [0, 0.05) is 24.3 Å². The molecule has 1 amide bonds. The maximum absolute atomic E-state index is 11.5. The van der Waals surface area contributed by atoms with Gasteiger partial charge in [0.05, 0.1) is 25.1 Å². The molecule has 0 saturated carbocycles. The molecule has 1 aliphatic rings. The third-order valence-electron chi connectivity index (χ3n) is 4.64. The van der Waals surface area contributed by atoms with Crippen LogP contribution in [0.15, 0.2) is 36.4 Å². The fourth-order valence-corrected chi connectivity index (χ4v) is 3.46. The van der Waals surface area contributed by atoms with E-state index in [4.69, 9.17) is 14.5 Å². The minimum atomic E-state index is -0.112. The second kappa shape index (κ2) is 6.33. The van der Waals surface area contributed by atoms with Gasteiger partial charge in [-0.3, -0.25) is 4.79 Å². The number of nitrogens with zero attached hydrogens (tertiary/aromatic N) is 1. The number of carbonyl (C=O) groups excluding carboxylic acids is 1. The largest absolute Gasteiger partial charge is 0.494 e. The third kappa shape index (κ3) is 2.75. The molecule has 1 aromatic heterocycles. The number of ether oxygens (including phenoxy) is 2. The van der Waals surface area contributed by atoms with Gasteiger partial charge in [-0.1, -0.05) is 0 Å². The molecule has 5 nitrogen and oxygen atoms in total. The molecule has 0 fully saturated rings. The zero-order valence-corrected chi connectivity index (χ0v) is 15.1. The Bertz CT molecular complexity index is 1030.